The molecule has 0 bridgehead atoms. The van der Waals surface area contributed by atoms with Crippen LogP contribution in [-0.4, -0.2) is 61.1 Å². The minimum Gasteiger partial charge on any atom is -0.451 e. The number of esters is 2. The molecule has 0 aliphatic heterocycles. The predicted molar refractivity (Wildman–Crippen MR) is 77.4 cm³/mol. The van der Waals surface area contributed by atoms with Crippen molar-refractivity contribution in [2.75, 3.05) is 5.75 Å². The van der Waals surface area contributed by atoms with Crippen LogP contribution in [0.15, 0.2) is 0 Å². The number of hydrogen-bond donors (Lipinski definition) is 1. The van der Waals surface area contributed by atoms with Crippen molar-refractivity contribution in [1.82, 2.24) is 0 Å². The number of carbonyl (C=O) groups excluding carboxylic acids is 2. The van der Waals surface area contributed by atoms with E-state index in [4.69, 9.17) is 4.55 Å². The largest absolute Gasteiger partial charge is 0.451 e. The molecule has 0 aliphatic carbocycles. The van der Waals surface area contributed by atoms with Gasteiger partial charge in [-0.15, -0.1) is 0 Å². The smallest absolute Gasteiger partial charge is 0.431 e. The fourth-order valence-corrected chi connectivity index (χ4v) is 2.43. The summed E-state index contributed by atoms with van der Waals surface area (Å²) in [6.07, 6.45) is -20.2. The van der Waals surface area contributed by atoms with Crippen LogP contribution in [0.25, 0.3) is 0 Å². The van der Waals surface area contributed by atoms with Crippen LogP contribution in [0, 0.1) is 0 Å². The standard InChI is InChI=1S/C13H16F8O7S/c1-11(14,15)10(13(19,20)21)28-9(23)5-3-2-4-8(22)27-7(12(16,17)18)6-29(24,25)26/h7,10H,2-6H2,1H3,(H,24,25,26). The van der Waals surface area contributed by atoms with Gasteiger partial charge in [-0.2, -0.15) is 34.8 Å². The van der Waals surface area contributed by atoms with E-state index < -0.39 is 84.0 Å². The van der Waals surface area contributed by atoms with E-state index in [9.17, 15) is 53.1 Å². The second-order valence-corrected chi connectivity index (χ2v) is 7.34. The number of carbonyl (C=O) groups is 2. The van der Waals surface area contributed by atoms with Crippen molar-refractivity contribution in [3.8, 4) is 0 Å². The number of halogens is 8. The molecule has 29 heavy (non-hydrogen) atoms. The molecule has 2 unspecified atom stereocenters. The van der Waals surface area contributed by atoms with Gasteiger partial charge >= 0.3 is 24.3 Å². The van der Waals surface area contributed by atoms with Gasteiger partial charge in [0.15, 0.2) is 0 Å². The number of rotatable bonds is 10. The molecule has 172 valence electrons. The summed E-state index contributed by atoms with van der Waals surface area (Å²) in [7, 11) is -5.14. The molecule has 7 nitrogen and oxygen atoms in total. The molecule has 0 amide bonds. The third-order valence-corrected chi connectivity index (χ3v) is 3.74. The Kier molecular flexibility index (Phi) is 9.28. The minimum absolute atomic E-state index is 0.113. The first kappa shape index (κ1) is 27.3. The van der Waals surface area contributed by atoms with Crippen molar-refractivity contribution < 1.29 is 67.2 Å². The van der Waals surface area contributed by atoms with Crippen molar-refractivity contribution in [1.29, 1.82) is 0 Å². The molecule has 0 heterocycles. The van der Waals surface area contributed by atoms with Crippen molar-refractivity contribution in [2.24, 2.45) is 0 Å². The Labute approximate surface area is 159 Å². The van der Waals surface area contributed by atoms with E-state index in [-0.39, 0.29) is 6.92 Å². The zero-order valence-corrected chi connectivity index (χ0v) is 15.3. The number of unbranched alkanes of at least 4 members (excludes halogenated alkanes) is 1. The molecule has 2 atom stereocenters. The highest BCUT2D eigenvalue weighted by molar-refractivity contribution is 7.85. The molecule has 0 spiro atoms. The summed E-state index contributed by atoms with van der Waals surface area (Å²) in [6.45, 7) is -0.113. The van der Waals surface area contributed by atoms with Crippen LogP contribution < -0.4 is 0 Å². The first-order valence-corrected chi connectivity index (χ1v) is 9.19. The highest BCUT2D eigenvalue weighted by atomic mass is 32.2. The second-order valence-electron chi connectivity index (χ2n) is 5.84. The molecule has 0 radical (unpaired) electrons. The Bertz CT molecular complexity index is 652. The van der Waals surface area contributed by atoms with Crippen LogP contribution in [0.3, 0.4) is 0 Å². The van der Waals surface area contributed by atoms with Crippen molar-refractivity contribution in [3.63, 3.8) is 0 Å². The fourth-order valence-electron chi connectivity index (χ4n) is 1.79. The fraction of sp³-hybridized carbons (Fsp3) is 0.846. The SMILES string of the molecule is CC(F)(F)C(OC(=O)CCCCC(=O)OC(CS(=O)(=O)O)C(F)(F)F)C(F)(F)F. The van der Waals surface area contributed by atoms with Crippen molar-refractivity contribution in [2.45, 2.75) is 63.1 Å². The van der Waals surface area contributed by atoms with E-state index in [0.29, 0.717) is 0 Å². The molecule has 0 aromatic heterocycles. The molecule has 0 aliphatic rings. The van der Waals surface area contributed by atoms with E-state index in [1.165, 1.54) is 0 Å². The topological polar surface area (TPSA) is 107 Å². The lowest BCUT2D eigenvalue weighted by atomic mass is 10.2. The molecule has 0 aromatic rings. The van der Waals surface area contributed by atoms with Gasteiger partial charge in [-0.25, -0.2) is 8.78 Å². The Balaban J connectivity index is 4.55. The van der Waals surface area contributed by atoms with Crippen LogP contribution >= 0.6 is 0 Å². The van der Waals surface area contributed by atoms with Gasteiger partial charge in [-0.3, -0.25) is 14.1 Å². The number of ether oxygens (including phenoxy) is 2. The highest BCUT2D eigenvalue weighted by Crippen LogP contribution is 2.34. The monoisotopic (exact) mass is 468 g/mol. The Morgan fingerprint density at radius 3 is 1.59 bits per heavy atom. The first-order valence-electron chi connectivity index (χ1n) is 7.59. The van der Waals surface area contributed by atoms with E-state index in [1.54, 1.807) is 0 Å². The molecular weight excluding hydrogens is 452 g/mol. The summed E-state index contributed by atoms with van der Waals surface area (Å²) in [4.78, 5) is 22.6. The predicted octanol–water partition coefficient (Wildman–Crippen LogP) is 3.04. The van der Waals surface area contributed by atoms with Crippen LogP contribution in [-0.2, 0) is 29.2 Å². The van der Waals surface area contributed by atoms with Gasteiger partial charge in [0.2, 0.25) is 6.10 Å². The first-order chi connectivity index (χ1) is 12.7. The van der Waals surface area contributed by atoms with Crippen LogP contribution in [0.1, 0.15) is 32.6 Å². The molecule has 0 rings (SSSR count). The summed E-state index contributed by atoms with van der Waals surface area (Å²) in [5.41, 5.74) is 0. The quantitative estimate of drug-likeness (QED) is 0.227. The third kappa shape index (κ3) is 11.8. The van der Waals surface area contributed by atoms with Crippen LogP contribution in [0.5, 0.6) is 0 Å². The van der Waals surface area contributed by atoms with E-state index >= 15 is 0 Å². The second kappa shape index (κ2) is 9.86. The molecule has 1 N–H and O–H groups in total. The van der Waals surface area contributed by atoms with Gasteiger partial charge in [0.05, 0.1) is 0 Å². The van der Waals surface area contributed by atoms with E-state index in [0.717, 1.165) is 0 Å². The summed E-state index contributed by atoms with van der Waals surface area (Å²) < 4.78 is 138. The van der Waals surface area contributed by atoms with E-state index in [2.05, 4.69) is 9.47 Å². The average molecular weight is 468 g/mol. The maximum Gasteiger partial charge on any atom is 0.431 e. The molecule has 0 fully saturated rings. The van der Waals surface area contributed by atoms with Crippen LogP contribution in [0.2, 0.25) is 0 Å². The molecule has 16 heteroatoms. The zero-order chi connectivity index (χ0) is 23.3. The summed E-state index contributed by atoms with van der Waals surface area (Å²) in [6, 6.07) is 0. The Morgan fingerprint density at radius 2 is 1.28 bits per heavy atom. The Hall–Kier alpha value is -1.71. The van der Waals surface area contributed by atoms with Gasteiger partial charge < -0.3 is 9.47 Å². The average Bonchev–Trinajstić information content (AvgIpc) is 2.44. The molecular formula is C13H16F8O7S. The number of alkyl halides is 8. The van der Waals surface area contributed by atoms with E-state index in [1.807, 2.05) is 0 Å². The number of hydrogen-bond acceptors (Lipinski definition) is 6. The van der Waals surface area contributed by atoms with Crippen molar-refractivity contribution in [3.05, 3.63) is 0 Å². The molecule has 0 saturated carbocycles. The lowest BCUT2D eigenvalue weighted by Crippen LogP contribution is -2.46. The van der Waals surface area contributed by atoms with Crippen molar-refractivity contribution >= 4 is 22.1 Å². The third-order valence-electron chi connectivity index (χ3n) is 3.02. The molecule has 0 aromatic carbocycles. The van der Waals surface area contributed by atoms with Gasteiger partial charge in [0.1, 0.15) is 5.75 Å². The van der Waals surface area contributed by atoms with Crippen LogP contribution in [0.4, 0.5) is 35.1 Å². The zero-order valence-electron chi connectivity index (χ0n) is 14.5. The van der Waals surface area contributed by atoms with Gasteiger partial charge in [-0.05, 0) is 12.8 Å². The lowest BCUT2D eigenvalue weighted by Gasteiger charge is -2.25. The summed E-state index contributed by atoms with van der Waals surface area (Å²) in [5, 5.41) is 0. The van der Waals surface area contributed by atoms with Gasteiger partial charge in [-0.1, -0.05) is 0 Å². The summed E-state index contributed by atoms with van der Waals surface area (Å²) in [5.74, 6) is -9.62. The van der Waals surface area contributed by atoms with Gasteiger partial charge in [0.25, 0.3) is 22.1 Å². The Morgan fingerprint density at radius 1 is 0.862 bits per heavy atom. The maximum absolute atomic E-state index is 12.9. The normalized spacial score (nSPS) is 15.5. The maximum atomic E-state index is 12.9. The highest BCUT2D eigenvalue weighted by Gasteiger charge is 2.56. The summed E-state index contributed by atoms with van der Waals surface area (Å²) >= 11 is 0. The molecule has 0 saturated heterocycles. The lowest BCUT2D eigenvalue weighted by molar-refractivity contribution is -0.273. The van der Waals surface area contributed by atoms with Gasteiger partial charge in [0, 0.05) is 19.8 Å². The minimum atomic E-state index is -5.54.